The van der Waals surface area contributed by atoms with Crippen LogP contribution in [0.2, 0.25) is 0 Å². The van der Waals surface area contributed by atoms with Crippen molar-refractivity contribution in [2.24, 2.45) is 0 Å². The molecule has 2 nitrogen and oxygen atoms in total. The molecule has 86 valence electrons. The Morgan fingerprint density at radius 2 is 2.27 bits per heavy atom. The highest BCUT2D eigenvalue weighted by Crippen LogP contribution is 2.31. The molecule has 5 heteroatoms. The van der Waals surface area contributed by atoms with Crippen molar-refractivity contribution in [2.45, 2.75) is 18.6 Å². The van der Waals surface area contributed by atoms with Gasteiger partial charge in [0.15, 0.2) is 0 Å². The SMILES string of the molecule is C[C@@H](SCCCS(C)(=O)=O)c1cccs1. The van der Waals surface area contributed by atoms with Crippen LogP contribution in [0.3, 0.4) is 0 Å². The largest absolute Gasteiger partial charge is 0.229 e. The van der Waals surface area contributed by atoms with E-state index in [-0.39, 0.29) is 0 Å². The molecule has 0 spiro atoms. The third-order valence-electron chi connectivity index (χ3n) is 1.97. The Kier molecular flexibility index (Phi) is 5.15. The predicted molar refractivity (Wildman–Crippen MR) is 69.5 cm³/mol. The molecule has 0 saturated heterocycles. The van der Waals surface area contributed by atoms with Crippen molar-refractivity contribution in [3.8, 4) is 0 Å². The van der Waals surface area contributed by atoms with Crippen LogP contribution < -0.4 is 0 Å². The summed E-state index contributed by atoms with van der Waals surface area (Å²) in [5.74, 6) is 1.21. The van der Waals surface area contributed by atoms with E-state index in [2.05, 4.69) is 18.4 Å². The maximum Gasteiger partial charge on any atom is 0.147 e. The second kappa shape index (κ2) is 5.92. The van der Waals surface area contributed by atoms with Crippen molar-refractivity contribution >= 4 is 32.9 Å². The molecular formula is C10H16O2S3. The molecule has 15 heavy (non-hydrogen) atoms. The Hall–Kier alpha value is -0.0000000000000000833. The van der Waals surface area contributed by atoms with Crippen molar-refractivity contribution in [1.29, 1.82) is 0 Å². The first-order valence-corrected chi connectivity index (χ1v) is 8.80. The van der Waals surface area contributed by atoms with E-state index in [9.17, 15) is 8.42 Å². The highest BCUT2D eigenvalue weighted by molar-refractivity contribution is 7.99. The fraction of sp³-hybridized carbons (Fsp3) is 0.600. The quantitative estimate of drug-likeness (QED) is 0.741. The van der Waals surface area contributed by atoms with Gasteiger partial charge < -0.3 is 0 Å². The Balaban J connectivity index is 2.21. The maximum absolute atomic E-state index is 10.9. The molecule has 1 atom stereocenters. The second-order valence-electron chi connectivity index (χ2n) is 3.51. The van der Waals surface area contributed by atoms with E-state index in [0.29, 0.717) is 11.0 Å². The number of hydrogen-bond donors (Lipinski definition) is 0. The van der Waals surface area contributed by atoms with Crippen LogP contribution in [-0.4, -0.2) is 26.2 Å². The minimum atomic E-state index is -2.79. The van der Waals surface area contributed by atoms with Gasteiger partial charge in [0.2, 0.25) is 0 Å². The van der Waals surface area contributed by atoms with E-state index in [1.54, 1.807) is 11.3 Å². The molecule has 0 aromatic carbocycles. The Labute approximate surface area is 100 Å². The third-order valence-corrected chi connectivity index (χ3v) is 5.48. The first-order valence-electron chi connectivity index (χ1n) is 4.82. The second-order valence-corrected chi connectivity index (χ2v) is 8.20. The molecule has 0 fully saturated rings. The van der Waals surface area contributed by atoms with Crippen molar-refractivity contribution in [2.75, 3.05) is 17.8 Å². The van der Waals surface area contributed by atoms with Crippen molar-refractivity contribution < 1.29 is 8.42 Å². The van der Waals surface area contributed by atoms with Gasteiger partial charge in [-0.25, -0.2) is 8.42 Å². The summed E-state index contributed by atoms with van der Waals surface area (Å²) < 4.78 is 21.8. The topological polar surface area (TPSA) is 34.1 Å². The van der Waals surface area contributed by atoms with Gasteiger partial charge in [0.05, 0.1) is 5.75 Å². The molecule has 0 aliphatic carbocycles. The molecule has 1 aromatic heterocycles. The standard InChI is InChI=1S/C10H16O2S3/c1-9(10-5-3-6-14-10)13-7-4-8-15(2,11)12/h3,5-6,9H,4,7-8H2,1-2H3/t9-/m1/s1. The van der Waals surface area contributed by atoms with Gasteiger partial charge in [-0.2, -0.15) is 11.8 Å². The Bertz CT molecular complexity index is 367. The lowest BCUT2D eigenvalue weighted by Gasteiger charge is -2.08. The van der Waals surface area contributed by atoms with Crippen LogP contribution in [0.4, 0.5) is 0 Å². The normalized spacial score (nSPS) is 14.0. The minimum Gasteiger partial charge on any atom is -0.229 e. The molecule has 0 bridgehead atoms. The summed E-state index contributed by atoms with van der Waals surface area (Å²) in [6, 6.07) is 4.17. The minimum absolute atomic E-state index is 0.303. The lowest BCUT2D eigenvalue weighted by Crippen LogP contribution is -2.03. The van der Waals surface area contributed by atoms with E-state index in [0.717, 1.165) is 12.2 Å². The Morgan fingerprint density at radius 1 is 1.53 bits per heavy atom. The van der Waals surface area contributed by atoms with E-state index in [1.165, 1.54) is 11.1 Å². The number of thiophene rings is 1. The van der Waals surface area contributed by atoms with E-state index < -0.39 is 9.84 Å². The number of rotatable bonds is 6. The number of sulfone groups is 1. The summed E-state index contributed by atoms with van der Waals surface area (Å²) >= 11 is 3.58. The Morgan fingerprint density at radius 3 is 2.80 bits per heavy atom. The summed E-state index contributed by atoms with van der Waals surface area (Å²) in [4.78, 5) is 1.36. The van der Waals surface area contributed by atoms with Crippen LogP contribution in [0.15, 0.2) is 17.5 Å². The van der Waals surface area contributed by atoms with Crippen LogP contribution >= 0.6 is 23.1 Å². The van der Waals surface area contributed by atoms with Crippen LogP contribution in [0.25, 0.3) is 0 Å². The third kappa shape index (κ3) is 5.58. The highest BCUT2D eigenvalue weighted by atomic mass is 32.2. The summed E-state index contributed by atoms with van der Waals surface area (Å²) in [7, 11) is -2.79. The molecular weight excluding hydrogens is 248 g/mol. The van der Waals surface area contributed by atoms with Gasteiger partial charge in [-0.05, 0) is 30.5 Å². The van der Waals surface area contributed by atoms with Gasteiger partial charge in [-0.15, -0.1) is 11.3 Å². The van der Waals surface area contributed by atoms with E-state index in [4.69, 9.17) is 0 Å². The van der Waals surface area contributed by atoms with Crippen LogP contribution in [0.1, 0.15) is 23.5 Å². The molecule has 1 rings (SSSR count). The lowest BCUT2D eigenvalue weighted by atomic mass is 10.4. The zero-order valence-corrected chi connectivity index (χ0v) is 11.4. The fourth-order valence-electron chi connectivity index (χ4n) is 1.19. The smallest absolute Gasteiger partial charge is 0.147 e. The van der Waals surface area contributed by atoms with Crippen molar-refractivity contribution in [3.05, 3.63) is 22.4 Å². The first-order chi connectivity index (χ1) is 6.99. The summed E-state index contributed by atoms with van der Waals surface area (Å²) in [6.07, 6.45) is 2.04. The fourth-order valence-corrected chi connectivity index (χ4v) is 3.98. The van der Waals surface area contributed by atoms with Gasteiger partial charge in [-0.1, -0.05) is 6.07 Å². The van der Waals surface area contributed by atoms with Gasteiger partial charge in [-0.3, -0.25) is 0 Å². The van der Waals surface area contributed by atoms with E-state index >= 15 is 0 Å². The summed E-state index contributed by atoms with van der Waals surface area (Å²) in [6.45, 7) is 2.16. The molecule has 0 radical (unpaired) electrons. The zero-order valence-electron chi connectivity index (χ0n) is 8.97. The van der Waals surface area contributed by atoms with Gasteiger partial charge in [0, 0.05) is 16.4 Å². The van der Waals surface area contributed by atoms with Crippen molar-refractivity contribution in [3.63, 3.8) is 0 Å². The average Bonchev–Trinajstić information content (AvgIpc) is 2.63. The van der Waals surface area contributed by atoms with E-state index in [1.807, 2.05) is 17.8 Å². The molecule has 0 aliphatic heterocycles. The average molecular weight is 264 g/mol. The van der Waals surface area contributed by atoms with Crippen molar-refractivity contribution in [1.82, 2.24) is 0 Å². The summed E-state index contributed by atoms with van der Waals surface area (Å²) in [5, 5.41) is 2.55. The lowest BCUT2D eigenvalue weighted by molar-refractivity contribution is 0.600. The molecule has 0 N–H and O–H groups in total. The van der Waals surface area contributed by atoms with Gasteiger partial charge in [0.25, 0.3) is 0 Å². The number of thioether (sulfide) groups is 1. The molecule has 0 aliphatic rings. The molecule has 0 unspecified atom stereocenters. The number of hydrogen-bond acceptors (Lipinski definition) is 4. The van der Waals surface area contributed by atoms with Crippen LogP contribution in [0.5, 0.6) is 0 Å². The zero-order chi connectivity index (χ0) is 11.3. The molecule has 1 aromatic rings. The molecule has 0 saturated carbocycles. The van der Waals surface area contributed by atoms with Gasteiger partial charge >= 0.3 is 0 Å². The predicted octanol–water partition coefficient (Wildman–Crippen LogP) is 2.98. The monoisotopic (exact) mass is 264 g/mol. The summed E-state index contributed by atoms with van der Waals surface area (Å²) in [5.41, 5.74) is 0. The highest BCUT2D eigenvalue weighted by Gasteiger charge is 2.07. The molecule has 0 amide bonds. The first kappa shape index (κ1) is 13.1. The molecule has 1 heterocycles. The van der Waals surface area contributed by atoms with Crippen LogP contribution in [-0.2, 0) is 9.84 Å². The maximum atomic E-state index is 10.9. The van der Waals surface area contributed by atoms with Gasteiger partial charge in [0.1, 0.15) is 9.84 Å². The van der Waals surface area contributed by atoms with Crippen LogP contribution in [0, 0.1) is 0 Å².